The van der Waals surface area contributed by atoms with Crippen molar-refractivity contribution in [2.45, 2.75) is 32.6 Å². The van der Waals surface area contributed by atoms with Gasteiger partial charge >= 0.3 is 0 Å². The second-order valence-corrected chi connectivity index (χ2v) is 5.45. The molecular formula is C14H17NS. The first kappa shape index (κ1) is 11.3. The summed E-state index contributed by atoms with van der Waals surface area (Å²) in [7, 11) is 0. The van der Waals surface area contributed by atoms with Crippen LogP contribution < -0.4 is 0 Å². The molecule has 0 N–H and O–H groups in total. The number of aromatic nitrogens is 1. The SMILES string of the molecule is CC(C)c1ncc(CCc2ccccc2)s1. The van der Waals surface area contributed by atoms with Crippen LogP contribution in [0.2, 0.25) is 0 Å². The molecule has 0 aliphatic heterocycles. The van der Waals surface area contributed by atoms with Crippen LogP contribution in [-0.4, -0.2) is 4.98 Å². The largest absolute Gasteiger partial charge is 0.249 e. The van der Waals surface area contributed by atoms with Crippen molar-refractivity contribution in [2.24, 2.45) is 0 Å². The molecular weight excluding hydrogens is 214 g/mol. The van der Waals surface area contributed by atoms with Gasteiger partial charge in [0, 0.05) is 17.0 Å². The van der Waals surface area contributed by atoms with Crippen LogP contribution >= 0.6 is 11.3 Å². The number of aryl methyl sites for hydroxylation is 2. The van der Waals surface area contributed by atoms with Crippen molar-refractivity contribution >= 4 is 11.3 Å². The highest BCUT2D eigenvalue weighted by Crippen LogP contribution is 2.22. The average Bonchev–Trinajstić information content (AvgIpc) is 2.76. The molecule has 0 radical (unpaired) electrons. The fraction of sp³-hybridized carbons (Fsp3) is 0.357. The monoisotopic (exact) mass is 231 g/mol. The second-order valence-electron chi connectivity index (χ2n) is 4.31. The normalized spacial score (nSPS) is 10.9. The Hall–Kier alpha value is -1.15. The van der Waals surface area contributed by atoms with Gasteiger partial charge in [0.05, 0.1) is 5.01 Å². The first-order valence-electron chi connectivity index (χ1n) is 5.74. The molecule has 1 nitrogen and oxygen atoms in total. The van der Waals surface area contributed by atoms with Crippen LogP contribution in [0.1, 0.15) is 35.2 Å². The van der Waals surface area contributed by atoms with Gasteiger partial charge in [0.25, 0.3) is 0 Å². The van der Waals surface area contributed by atoms with E-state index in [0.29, 0.717) is 5.92 Å². The van der Waals surface area contributed by atoms with E-state index in [9.17, 15) is 0 Å². The molecule has 2 rings (SSSR count). The van der Waals surface area contributed by atoms with Gasteiger partial charge in [0.2, 0.25) is 0 Å². The average molecular weight is 231 g/mol. The van der Waals surface area contributed by atoms with E-state index in [-0.39, 0.29) is 0 Å². The fourth-order valence-electron chi connectivity index (χ4n) is 1.62. The van der Waals surface area contributed by atoms with Gasteiger partial charge < -0.3 is 0 Å². The minimum Gasteiger partial charge on any atom is -0.249 e. The molecule has 2 aromatic rings. The van der Waals surface area contributed by atoms with Gasteiger partial charge in [0.15, 0.2) is 0 Å². The van der Waals surface area contributed by atoms with Gasteiger partial charge in [-0.05, 0) is 18.4 Å². The van der Waals surface area contributed by atoms with Crippen molar-refractivity contribution in [3.8, 4) is 0 Å². The first-order chi connectivity index (χ1) is 7.75. The van der Waals surface area contributed by atoms with Crippen molar-refractivity contribution in [3.63, 3.8) is 0 Å². The van der Waals surface area contributed by atoms with Gasteiger partial charge in [-0.2, -0.15) is 0 Å². The molecule has 0 aliphatic rings. The van der Waals surface area contributed by atoms with E-state index >= 15 is 0 Å². The highest BCUT2D eigenvalue weighted by Gasteiger charge is 2.05. The van der Waals surface area contributed by atoms with Crippen LogP contribution in [0.15, 0.2) is 36.5 Å². The predicted molar refractivity (Wildman–Crippen MR) is 70.1 cm³/mol. The molecule has 0 saturated heterocycles. The van der Waals surface area contributed by atoms with E-state index in [1.54, 1.807) is 0 Å². The number of hydrogen-bond donors (Lipinski definition) is 0. The number of benzene rings is 1. The van der Waals surface area contributed by atoms with Crippen LogP contribution in [0.3, 0.4) is 0 Å². The summed E-state index contributed by atoms with van der Waals surface area (Å²) in [5.41, 5.74) is 1.40. The maximum absolute atomic E-state index is 4.45. The topological polar surface area (TPSA) is 12.9 Å². The second kappa shape index (κ2) is 5.26. The Morgan fingerprint density at radius 1 is 1.12 bits per heavy atom. The summed E-state index contributed by atoms with van der Waals surface area (Å²) in [4.78, 5) is 5.84. The van der Waals surface area contributed by atoms with Crippen molar-refractivity contribution < 1.29 is 0 Å². The van der Waals surface area contributed by atoms with E-state index < -0.39 is 0 Å². The van der Waals surface area contributed by atoms with E-state index in [2.05, 4.69) is 49.2 Å². The fourth-order valence-corrected chi connectivity index (χ4v) is 2.54. The number of hydrogen-bond acceptors (Lipinski definition) is 2. The molecule has 0 spiro atoms. The minimum absolute atomic E-state index is 0.551. The molecule has 2 heteroatoms. The smallest absolute Gasteiger partial charge is 0.0953 e. The molecule has 1 heterocycles. The van der Waals surface area contributed by atoms with Gasteiger partial charge in [-0.1, -0.05) is 44.2 Å². The summed E-state index contributed by atoms with van der Waals surface area (Å²) in [6.07, 6.45) is 4.25. The zero-order valence-corrected chi connectivity index (χ0v) is 10.6. The predicted octanol–water partition coefficient (Wildman–Crippen LogP) is 4.05. The molecule has 0 fully saturated rings. The van der Waals surface area contributed by atoms with E-state index in [1.807, 2.05) is 17.5 Å². The zero-order chi connectivity index (χ0) is 11.4. The Kier molecular flexibility index (Phi) is 3.73. The van der Waals surface area contributed by atoms with Gasteiger partial charge in [-0.25, -0.2) is 4.98 Å². The summed E-state index contributed by atoms with van der Waals surface area (Å²) >= 11 is 1.85. The Bertz CT molecular complexity index is 431. The molecule has 1 aromatic carbocycles. The quantitative estimate of drug-likeness (QED) is 0.773. The van der Waals surface area contributed by atoms with Gasteiger partial charge in [-0.15, -0.1) is 11.3 Å². The Labute approximate surface area is 101 Å². The molecule has 16 heavy (non-hydrogen) atoms. The lowest BCUT2D eigenvalue weighted by Gasteiger charge is -1.98. The third-order valence-electron chi connectivity index (χ3n) is 2.57. The molecule has 84 valence electrons. The van der Waals surface area contributed by atoms with Crippen LogP contribution in [0.4, 0.5) is 0 Å². The van der Waals surface area contributed by atoms with E-state index in [1.165, 1.54) is 15.4 Å². The molecule has 0 aliphatic carbocycles. The summed E-state index contributed by atoms with van der Waals surface area (Å²) in [5.74, 6) is 0.551. The van der Waals surface area contributed by atoms with Crippen LogP contribution in [-0.2, 0) is 12.8 Å². The van der Waals surface area contributed by atoms with Crippen molar-refractivity contribution in [1.82, 2.24) is 4.98 Å². The Morgan fingerprint density at radius 2 is 1.88 bits per heavy atom. The van der Waals surface area contributed by atoms with Crippen LogP contribution in [0.5, 0.6) is 0 Å². The maximum Gasteiger partial charge on any atom is 0.0953 e. The lowest BCUT2D eigenvalue weighted by Crippen LogP contribution is -1.87. The minimum atomic E-state index is 0.551. The third-order valence-corrected chi connectivity index (χ3v) is 3.93. The third kappa shape index (κ3) is 2.92. The molecule has 0 amide bonds. The van der Waals surface area contributed by atoms with Gasteiger partial charge in [0.1, 0.15) is 0 Å². The van der Waals surface area contributed by atoms with Crippen molar-refractivity contribution in [2.75, 3.05) is 0 Å². The van der Waals surface area contributed by atoms with Crippen LogP contribution in [0, 0.1) is 0 Å². The molecule has 0 unspecified atom stereocenters. The molecule has 0 atom stereocenters. The van der Waals surface area contributed by atoms with E-state index in [4.69, 9.17) is 0 Å². The lowest BCUT2D eigenvalue weighted by atomic mass is 10.1. The Balaban J connectivity index is 1.95. The van der Waals surface area contributed by atoms with Crippen molar-refractivity contribution in [3.05, 3.63) is 52.0 Å². The summed E-state index contributed by atoms with van der Waals surface area (Å²) in [6.45, 7) is 4.39. The first-order valence-corrected chi connectivity index (χ1v) is 6.56. The van der Waals surface area contributed by atoms with Crippen molar-refractivity contribution in [1.29, 1.82) is 0 Å². The van der Waals surface area contributed by atoms with Gasteiger partial charge in [-0.3, -0.25) is 0 Å². The number of rotatable bonds is 4. The number of nitrogens with zero attached hydrogens (tertiary/aromatic N) is 1. The highest BCUT2D eigenvalue weighted by atomic mass is 32.1. The summed E-state index contributed by atoms with van der Waals surface area (Å²) < 4.78 is 0. The van der Waals surface area contributed by atoms with E-state index in [0.717, 1.165) is 12.8 Å². The lowest BCUT2D eigenvalue weighted by molar-refractivity contribution is 0.852. The molecule has 1 aromatic heterocycles. The Morgan fingerprint density at radius 3 is 2.50 bits per heavy atom. The van der Waals surface area contributed by atoms with Crippen LogP contribution in [0.25, 0.3) is 0 Å². The standard InChI is InChI=1S/C14H17NS/c1-11(2)14-15-10-13(16-14)9-8-12-6-4-3-5-7-12/h3-7,10-11H,8-9H2,1-2H3. The summed E-state index contributed by atoms with van der Waals surface area (Å²) in [6, 6.07) is 10.6. The highest BCUT2D eigenvalue weighted by molar-refractivity contribution is 7.11. The molecule has 0 bridgehead atoms. The maximum atomic E-state index is 4.45. The number of thiazole rings is 1. The molecule has 0 saturated carbocycles. The zero-order valence-electron chi connectivity index (χ0n) is 9.81. The summed E-state index contributed by atoms with van der Waals surface area (Å²) in [5, 5.41) is 1.25.